The fourth-order valence-corrected chi connectivity index (χ4v) is 5.36. The van der Waals surface area contributed by atoms with E-state index >= 15 is 0 Å². The first-order valence-corrected chi connectivity index (χ1v) is 11.6. The summed E-state index contributed by atoms with van der Waals surface area (Å²) in [5.41, 5.74) is 6.22. The number of anilines is 1. The van der Waals surface area contributed by atoms with Gasteiger partial charge in [-0.2, -0.15) is 0 Å². The molecule has 3 heterocycles. The molecule has 0 saturated heterocycles. The highest BCUT2D eigenvalue weighted by Crippen LogP contribution is 2.25. The van der Waals surface area contributed by atoms with Gasteiger partial charge in [0.1, 0.15) is 0 Å². The van der Waals surface area contributed by atoms with Crippen LogP contribution >= 0.6 is 11.3 Å². The summed E-state index contributed by atoms with van der Waals surface area (Å²) >= 11 is 1.86. The van der Waals surface area contributed by atoms with Crippen LogP contribution in [-0.4, -0.2) is 37.0 Å². The number of thiophene rings is 1. The lowest BCUT2D eigenvalue weighted by Gasteiger charge is -2.30. The zero-order chi connectivity index (χ0) is 20.3. The highest BCUT2D eigenvalue weighted by atomic mass is 32.1. The van der Waals surface area contributed by atoms with E-state index < -0.39 is 0 Å². The lowest BCUT2D eigenvalue weighted by molar-refractivity contribution is 0.0947. The van der Waals surface area contributed by atoms with E-state index in [1.54, 1.807) is 0 Å². The largest absolute Gasteiger partial charge is 0.367 e. The van der Waals surface area contributed by atoms with Crippen LogP contribution in [0, 0.1) is 0 Å². The van der Waals surface area contributed by atoms with Crippen molar-refractivity contribution in [3.8, 4) is 0 Å². The van der Waals surface area contributed by atoms with Crippen LogP contribution < -0.4 is 10.2 Å². The Bertz CT molecular complexity index is 1030. The number of carbonyl (C=O) groups excluding carboxylic acids is 1. The van der Waals surface area contributed by atoms with Crippen LogP contribution in [0.3, 0.4) is 0 Å². The van der Waals surface area contributed by atoms with Crippen molar-refractivity contribution in [2.24, 2.45) is 0 Å². The van der Waals surface area contributed by atoms with Gasteiger partial charge in [0.15, 0.2) is 0 Å². The third kappa shape index (κ3) is 4.13. The molecule has 1 amide bonds. The quantitative estimate of drug-likeness (QED) is 0.679. The van der Waals surface area contributed by atoms with Gasteiger partial charge in [-0.05, 0) is 65.2 Å². The Labute approximate surface area is 182 Å². The van der Waals surface area contributed by atoms with Crippen LogP contribution in [0.25, 0.3) is 0 Å². The van der Waals surface area contributed by atoms with Gasteiger partial charge in [0.05, 0.1) is 0 Å². The highest BCUT2D eigenvalue weighted by Gasteiger charge is 2.18. The number of benzene rings is 2. The predicted molar refractivity (Wildman–Crippen MR) is 123 cm³/mol. The van der Waals surface area contributed by atoms with Crippen LogP contribution in [0.5, 0.6) is 0 Å². The first-order chi connectivity index (χ1) is 14.8. The molecule has 2 aromatic carbocycles. The Morgan fingerprint density at radius 3 is 2.60 bits per heavy atom. The fourth-order valence-electron chi connectivity index (χ4n) is 4.47. The van der Waals surface area contributed by atoms with Crippen molar-refractivity contribution in [1.29, 1.82) is 0 Å². The Balaban J connectivity index is 1.13. The van der Waals surface area contributed by atoms with Crippen molar-refractivity contribution in [1.82, 2.24) is 10.2 Å². The summed E-state index contributed by atoms with van der Waals surface area (Å²) in [5.74, 6) is 0.0128. The molecule has 0 radical (unpaired) electrons. The van der Waals surface area contributed by atoms with Gasteiger partial charge in [0, 0.05) is 55.4 Å². The number of amides is 1. The van der Waals surface area contributed by atoms with Gasteiger partial charge in [0.2, 0.25) is 0 Å². The molecule has 0 unspecified atom stereocenters. The van der Waals surface area contributed by atoms with Gasteiger partial charge in [-0.15, -0.1) is 11.3 Å². The summed E-state index contributed by atoms with van der Waals surface area (Å²) in [6.45, 7) is 5.61. The molecule has 1 aromatic heterocycles. The molecule has 154 valence electrons. The van der Waals surface area contributed by atoms with E-state index in [0.717, 1.165) is 51.1 Å². The highest BCUT2D eigenvalue weighted by molar-refractivity contribution is 7.10. The van der Waals surface area contributed by atoms with E-state index in [2.05, 4.69) is 63.0 Å². The number of fused-ring (bicyclic) bond motifs is 2. The van der Waals surface area contributed by atoms with E-state index in [1.165, 1.54) is 27.3 Å². The zero-order valence-corrected chi connectivity index (χ0v) is 18.0. The molecule has 30 heavy (non-hydrogen) atoms. The van der Waals surface area contributed by atoms with E-state index in [0.29, 0.717) is 6.54 Å². The fraction of sp³-hybridized carbons (Fsp3) is 0.320. The van der Waals surface area contributed by atoms with Crippen LogP contribution in [0.1, 0.15) is 31.9 Å². The maximum absolute atomic E-state index is 12.6. The van der Waals surface area contributed by atoms with Crippen molar-refractivity contribution in [2.45, 2.75) is 25.9 Å². The summed E-state index contributed by atoms with van der Waals surface area (Å²) in [6.07, 6.45) is 2.20. The summed E-state index contributed by atoms with van der Waals surface area (Å²) < 4.78 is 0. The molecule has 0 saturated carbocycles. The lowest BCUT2D eigenvalue weighted by atomic mass is 9.99. The van der Waals surface area contributed by atoms with Crippen molar-refractivity contribution >= 4 is 22.9 Å². The molecule has 0 bridgehead atoms. The minimum Gasteiger partial charge on any atom is -0.367 e. The maximum atomic E-state index is 12.6. The minimum atomic E-state index is 0.0128. The van der Waals surface area contributed by atoms with Crippen molar-refractivity contribution in [2.75, 3.05) is 31.1 Å². The summed E-state index contributed by atoms with van der Waals surface area (Å²) in [6, 6.07) is 18.9. The smallest absolute Gasteiger partial charge is 0.251 e. The first-order valence-electron chi connectivity index (χ1n) is 10.7. The normalized spacial score (nSPS) is 16.1. The molecule has 5 heteroatoms. The van der Waals surface area contributed by atoms with Crippen LogP contribution in [0.2, 0.25) is 0 Å². The second-order valence-electron chi connectivity index (χ2n) is 8.14. The molecule has 5 rings (SSSR count). The topological polar surface area (TPSA) is 35.6 Å². The molecule has 2 aliphatic rings. The molecular formula is C25H27N3OS. The van der Waals surface area contributed by atoms with Gasteiger partial charge in [0.25, 0.3) is 5.91 Å². The van der Waals surface area contributed by atoms with Crippen LogP contribution in [0.4, 0.5) is 5.69 Å². The average Bonchev–Trinajstić information content (AvgIpc) is 3.27. The summed E-state index contributed by atoms with van der Waals surface area (Å²) in [7, 11) is 0. The monoisotopic (exact) mass is 417 g/mol. The standard InChI is InChI=1S/C25H27N3OS/c29-25(26-12-15-27-13-10-24-22(17-27)11-16-30-24)20-5-7-23(8-6-20)28-14-9-19-3-1-2-4-21(19)18-28/h1-8,11,16H,9-10,12-15,17-18H2,(H,26,29). The van der Waals surface area contributed by atoms with Crippen LogP contribution in [-0.2, 0) is 25.9 Å². The molecule has 0 aliphatic carbocycles. The summed E-state index contributed by atoms with van der Waals surface area (Å²) in [4.78, 5) is 18.9. The van der Waals surface area contributed by atoms with Gasteiger partial charge < -0.3 is 10.2 Å². The van der Waals surface area contributed by atoms with Crippen molar-refractivity contribution < 1.29 is 4.79 Å². The predicted octanol–water partition coefficient (Wildman–Crippen LogP) is 4.10. The van der Waals surface area contributed by atoms with Crippen LogP contribution in [0.15, 0.2) is 60.0 Å². The molecular weight excluding hydrogens is 390 g/mol. The first kappa shape index (κ1) is 19.3. The van der Waals surface area contributed by atoms with Crippen molar-refractivity contribution in [3.63, 3.8) is 0 Å². The molecule has 3 aromatic rings. The molecule has 4 nitrogen and oxygen atoms in total. The molecule has 2 aliphatic heterocycles. The number of carbonyl (C=O) groups is 1. The molecule has 1 N–H and O–H groups in total. The van der Waals surface area contributed by atoms with E-state index in [4.69, 9.17) is 0 Å². The number of nitrogens with zero attached hydrogens (tertiary/aromatic N) is 2. The number of nitrogens with one attached hydrogen (secondary N) is 1. The second-order valence-corrected chi connectivity index (χ2v) is 9.14. The zero-order valence-electron chi connectivity index (χ0n) is 17.1. The lowest BCUT2D eigenvalue weighted by Crippen LogP contribution is -2.37. The SMILES string of the molecule is O=C(NCCN1CCc2sccc2C1)c1ccc(N2CCc3ccccc3C2)cc1. The number of hydrogen-bond donors (Lipinski definition) is 1. The molecule has 0 fully saturated rings. The average molecular weight is 418 g/mol. The van der Waals surface area contributed by atoms with Gasteiger partial charge in [-0.25, -0.2) is 0 Å². The molecule has 0 spiro atoms. The third-order valence-electron chi connectivity index (χ3n) is 6.23. The van der Waals surface area contributed by atoms with E-state index in [9.17, 15) is 4.79 Å². The third-order valence-corrected chi connectivity index (χ3v) is 7.25. The van der Waals surface area contributed by atoms with E-state index in [1.807, 2.05) is 23.5 Å². The Kier molecular flexibility index (Phi) is 5.56. The van der Waals surface area contributed by atoms with Gasteiger partial charge in [-0.3, -0.25) is 9.69 Å². The second kappa shape index (κ2) is 8.62. The molecule has 0 atom stereocenters. The minimum absolute atomic E-state index is 0.0128. The van der Waals surface area contributed by atoms with Gasteiger partial charge in [-0.1, -0.05) is 24.3 Å². The Morgan fingerprint density at radius 1 is 0.900 bits per heavy atom. The summed E-state index contributed by atoms with van der Waals surface area (Å²) in [5, 5.41) is 5.27. The van der Waals surface area contributed by atoms with E-state index in [-0.39, 0.29) is 5.91 Å². The van der Waals surface area contributed by atoms with Gasteiger partial charge >= 0.3 is 0 Å². The maximum Gasteiger partial charge on any atom is 0.251 e. The Morgan fingerprint density at radius 2 is 1.73 bits per heavy atom. The van der Waals surface area contributed by atoms with Crippen molar-refractivity contribution in [3.05, 3.63) is 87.1 Å². The number of rotatable bonds is 5. The number of hydrogen-bond acceptors (Lipinski definition) is 4. The Hall–Kier alpha value is -2.63.